The molecule has 3 aromatic carbocycles. The molecule has 5 heteroatoms. The first-order valence-corrected chi connectivity index (χ1v) is 10.9. The van der Waals surface area contributed by atoms with Crippen molar-refractivity contribution in [1.29, 1.82) is 0 Å². The summed E-state index contributed by atoms with van der Waals surface area (Å²) >= 11 is 0. The number of rotatable bonds is 7. The molecule has 1 aliphatic heterocycles. The fourth-order valence-corrected chi connectivity index (χ4v) is 4.31. The minimum Gasteiger partial charge on any atom is -0.460 e. The van der Waals surface area contributed by atoms with Crippen molar-refractivity contribution in [3.63, 3.8) is 0 Å². The molecule has 3 aromatic rings. The zero-order valence-corrected chi connectivity index (χ0v) is 18.1. The van der Waals surface area contributed by atoms with Gasteiger partial charge in [0.05, 0.1) is 6.61 Å². The Morgan fingerprint density at radius 1 is 1.00 bits per heavy atom. The van der Waals surface area contributed by atoms with Gasteiger partial charge in [-0.2, -0.15) is 0 Å². The molecule has 1 heterocycles. The van der Waals surface area contributed by atoms with E-state index in [0.717, 1.165) is 22.4 Å². The van der Waals surface area contributed by atoms with E-state index in [4.69, 9.17) is 4.74 Å². The van der Waals surface area contributed by atoms with Crippen LogP contribution < -0.4 is 4.90 Å². The molecule has 0 amide bonds. The van der Waals surface area contributed by atoms with E-state index in [9.17, 15) is 14.0 Å². The Kier molecular flexibility index (Phi) is 6.64. The summed E-state index contributed by atoms with van der Waals surface area (Å²) in [7, 11) is 0. The van der Waals surface area contributed by atoms with E-state index >= 15 is 0 Å². The van der Waals surface area contributed by atoms with E-state index in [-0.39, 0.29) is 24.8 Å². The molecule has 0 N–H and O–H groups in total. The summed E-state index contributed by atoms with van der Waals surface area (Å²) in [6.07, 6.45) is 0.852. The number of carbonyl (C=O) groups excluding carboxylic acids is 2. The lowest BCUT2D eigenvalue weighted by Crippen LogP contribution is -2.37. The molecule has 1 unspecified atom stereocenters. The lowest BCUT2D eigenvalue weighted by molar-refractivity contribution is -0.153. The van der Waals surface area contributed by atoms with Gasteiger partial charge in [-0.05, 0) is 65.8 Å². The molecule has 4 nitrogen and oxygen atoms in total. The van der Waals surface area contributed by atoms with Gasteiger partial charge < -0.3 is 9.64 Å². The van der Waals surface area contributed by atoms with Crippen LogP contribution in [0, 0.1) is 11.7 Å². The van der Waals surface area contributed by atoms with Crippen molar-refractivity contribution in [2.45, 2.75) is 26.3 Å². The van der Waals surface area contributed by atoms with E-state index in [0.29, 0.717) is 19.5 Å². The zero-order valence-electron chi connectivity index (χ0n) is 18.1. The number of ketones is 1. The van der Waals surface area contributed by atoms with E-state index in [1.54, 1.807) is 19.1 Å². The number of ether oxygens (including phenoxy) is 1. The number of anilines is 1. The molecule has 32 heavy (non-hydrogen) atoms. The second-order valence-corrected chi connectivity index (χ2v) is 8.13. The minimum atomic E-state index is -0.757. The predicted molar refractivity (Wildman–Crippen MR) is 123 cm³/mol. The minimum absolute atomic E-state index is 0.00610. The number of halogens is 1. The summed E-state index contributed by atoms with van der Waals surface area (Å²) in [5, 5.41) is 0. The molecule has 4 rings (SSSR count). The van der Waals surface area contributed by atoms with Crippen molar-refractivity contribution in [2.24, 2.45) is 5.92 Å². The van der Waals surface area contributed by atoms with Crippen LogP contribution in [0.5, 0.6) is 0 Å². The second kappa shape index (κ2) is 9.77. The van der Waals surface area contributed by atoms with E-state index in [1.807, 2.05) is 24.3 Å². The first-order chi connectivity index (χ1) is 15.5. The number of nitrogens with zero attached hydrogens (tertiary/aromatic N) is 1. The quantitative estimate of drug-likeness (QED) is 0.381. The Bertz CT molecular complexity index is 1100. The third-order valence-electron chi connectivity index (χ3n) is 5.78. The normalized spacial score (nSPS) is 15.2. The number of fused-ring (bicyclic) bond motifs is 1. The number of Topliss-reactive ketones (excluding diaryl/α,β-unsaturated/α-hetero) is 1. The summed E-state index contributed by atoms with van der Waals surface area (Å²) in [5.74, 6) is -1.49. The number of hydrogen-bond acceptors (Lipinski definition) is 4. The third-order valence-corrected chi connectivity index (χ3v) is 5.78. The van der Waals surface area contributed by atoms with E-state index in [2.05, 4.69) is 29.2 Å². The van der Waals surface area contributed by atoms with Gasteiger partial charge in [0, 0.05) is 25.2 Å². The van der Waals surface area contributed by atoms with Gasteiger partial charge in [0.2, 0.25) is 5.78 Å². The van der Waals surface area contributed by atoms with Gasteiger partial charge in [0.25, 0.3) is 0 Å². The highest BCUT2D eigenvalue weighted by atomic mass is 19.1. The highest BCUT2D eigenvalue weighted by molar-refractivity contribution is 6.33. The van der Waals surface area contributed by atoms with Crippen LogP contribution in [-0.2, 0) is 27.3 Å². The van der Waals surface area contributed by atoms with Gasteiger partial charge in [0.15, 0.2) is 0 Å². The lowest BCUT2D eigenvalue weighted by Gasteiger charge is -2.36. The van der Waals surface area contributed by atoms with Gasteiger partial charge in [-0.1, -0.05) is 48.5 Å². The van der Waals surface area contributed by atoms with Crippen LogP contribution in [0.3, 0.4) is 0 Å². The molecule has 0 saturated heterocycles. The Morgan fingerprint density at radius 2 is 1.72 bits per heavy atom. The van der Waals surface area contributed by atoms with Crippen molar-refractivity contribution in [2.75, 3.05) is 18.1 Å². The number of hydrogen-bond donors (Lipinski definition) is 0. The monoisotopic (exact) mass is 431 g/mol. The first kappa shape index (κ1) is 21.8. The molecule has 0 bridgehead atoms. The summed E-state index contributed by atoms with van der Waals surface area (Å²) < 4.78 is 18.2. The molecule has 164 valence electrons. The molecular weight excluding hydrogens is 405 g/mol. The van der Waals surface area contributed by atoms with Gasteiger partial charge in [-0.25, -0.2) is 9.18 Å². The topological polar surface area (TPSA) is 46.6 Å². The van der Waals surface area contributed by atoms with Crippen LogP contribution in [0.15, 0.2) is 72.8 Å². The third kappa shape index (κ3) is 5.05. The molecular formula is C27H26FNO3. The molecule has 1 aliphatic rings. The fraction of sp³-hybridized carbons (Fsp3) is 0.259. The smallest absolute Gasteiger partial charge is 0.374 e. The van der Waals surface area contributed by atoms with Crippen molar-refractivity contribution < 1.29 is 18.7 Å². The van der Waals surface area contributed by atoms with Crippen molar-refractivity contribution in [3.8, 4) is 11.1 Å². The van der Waals surface area contributed by atoms with Crippen LogP contribution >= 0.6 is 0 Å². The zero-order chi connectivity index (χ0) is 22.5. The lowest BCUT2D eigenvalue weighted by atomic mass is 9.87. The summed E-state index contributed by atoms with van der Waals surface area (Å²) in [5.41, 5.74) is 5.36. The van der Waals surface area contributed by atoms with Crippen LogP contribution in [0.2, 0.25) is 0 Å². The molecule has 1 atom stereocenters. The van der Waals surface area contributed by atoms with Crippen molar-refractivity contribution in [1.82, 2.24) is 0 Å². The maximum absolute atomic E-state index is 13.4. The summed E-state index contributed by atoms with van der Waals surface area (Å²) in [4.78, 5) is 26.5. The van der Waals surface area contributed by atoms with Gasteiger partial charge in [-0.3, -0.25) is 4.79 Å². The first-order valence-electron chi connectivity index (χ1n) is 10.9. The Hall–Kier alpha value is -3.47. The van der Waals surface area contributed by atoms with E-state index < -0.39 is 11.8 Å². The molecule has 0 aromatic heterocycles. The van der Waals surface area contributed by atoms with Crippen molar-refractivity contribution >= 4 is 17.4 Å². The fourth-order valence-electron chi connectivity index (χ4n) is 4.31. The molecule has 0 saturated carbocycles. The predicted octanol–water partition coefficient (Wildman–Crippen LogP) is 5.19. The number of carbonyl (C=O) groups is 2. The van der Waals surface area contributed by atoms with Crippen LogP contribution in [0.1, 0.15) is 24.5 Å². The van der Waals surface area contributed by atoms with Gasteiger partial charge in [-0.15, -0.1) is 0 Å². The Labute approximate surface area is 187 Å². The molecule has 0 spiro atoms. The second-order valence-electron chi connectivity index (χ2n) is 8.13. The summed E-state index contributed by atoms with van der Waals surface area (Å²) in [6, 6.07) is 22.9. The largest absolute Gasteiger partial charge is 0.460 e. The maximum Gasteiger partial charge on any atom is 0.374 e. The van der Waals surface area contributed by atoms with Crippen LogP contribution in [-0.4, -0.2) is 24.9 Å². The number of esters is 1. The van der Waals surface area contributed by atoms with Gasteiger partial charge >= 0.3 is 5.97 Å². The van der Waals surface area contributed by atoms with Crippen molar-refractivity contribution in [3.05, 3.63) is 89.7 Å². The number of benzene rings is 3. The average molecular weight is 432 g/mol. The highest BCUT2D eigenvalue weighted by Crippen LogP contribution is 2.35. The van der Waals surface area contributed by atoms with Crippen LogP contribution in [0.25, 0.3) is 11.1 Å². The summed E-state index contributed by atoms with van der Waals surface area (Å²) in [6.45, 7) is 3.29. The van der Waals surface area contributed by atoms with Gasteiger partial charge in [0.1, 0.15) is 5.82 Å². The van der Waals surface area contributed by atoms with E-state index in [1.165, 1.54) is 17.7 Å². The molecule has 0 fully saturated rings. The Morgan fingerprint density at radius 3 is 2.44 bits per heavy atom. The average Bonchev–Trinajstić information content (AvgIpc) is 2.80. The molecule has 0 radical (unpaired) electrons. The highest BCUT2D eigenvalue weighted by Gasteiger charge is 2.29. The Balaban J connectivity index is 1.63. The standard InChI is InChI=1S/C27H26FNO3/c1-2-32-27(31)26(30)15-20-14-23-16-22(21-8-11-24(28)12-9-21)10-13-25(23)29(18-20)17-19-6-4-3-5-7-19/h3-13,16,20H,2,14-15,17-18H2,1H3. The SMILES string of the molecule is CCOC(=O)C(=O)CC1Cc2cc(-c3ccc(F)cc3)ccc2N(Cc2ccccc2)C1. The van der Waals surface area contributed by atoms with Crippen LogP contribution in [0.4, 0.5) is 10.1 Å². The maximum atomic E-state index is 13.4. The molecule has 0 aliphatic carbocycles.